The predicted molar refractivity (Wildman–Crippen MR) is 118 cm³/mol. The topological polar surface area (TPSA) is 95.1 Å². The van der Waals surface area contributed by atoms with Crippen LogP contribution in [0.5, 0.6) is 0 Å². The third-order valence-corrected chi connectivity index (χ3v) is 7.67. The summed E-state index contributed by atoms with van der Waals surface area (Å²) in [5.74, 6) is 1.89. The third kappa shape index (κ3) is 3.56. The summed E-state index contributed by atoms with van der Waals surface area (Å²) >= 11 is 0. The van der Waals surface area contributed by atoms with Gasteiger partial charge in [-0.25, -0.2) is 4.79 Å². The van der Waals surface area contributed by atoms with Gasteiger partial charge in [-0.1, -0.05) is 32.9 Å². The van der Waals surface area contributed by atoms with Crippen LogP contribution in [0.15, 0.2) is 24.3 Å². The number of benzene rings is 1. The summed E-state index contributed by atoms with van der Waals surface area (Å²) in [5, 5.41) is 20.2. The molecule has 4 saturated carbocycles. The summed E-state index contributed by atoms with van der Waals surface area (Å²) in [6.45, 7) is 6.20. The Morgan fingerprint density at radius 3 is 2.10 bits per heavy atom. The van der Waals surface area contributed by atoms with E-state index >= 15 is 0 Å². The Balaban J connectivity index is 1.47. The number of carboxylic acids is 1. The monoisotopic (exact) mass is 421 g/mol. The molecular weight excluding hydrogens is 390 g/mol. The van der Waals surface area contributed by atoms with Crippen molar-refractivity contribution in [1.82, 2.24) is 15.5 Å². The third-order valence-electron chi connectivity index (χ3n) is 7.67. The molecule has 1 heterocycles. The standard InChI is InChI=1S/C25H31N3O3/c1-25(2,3)22-19(21(27-28-22)15-4-6-16(7-5-15)24(30)31)23(29)26-20-17-9-13-8-14(11-17)12-18(20)10-13/h4-7,13-14,17-18,20H,8-12H2,1-3H3,(H,26,29)(H,27,28)(H,30,31). The average molecular weight is 422 g/mol. The Labute approximate surface area is 182 Å². The molecule has 0 unspecified atom stereocenters. The molecule has 164 valence electrons. The van der Waals surface area contributed by atoms with Gasteiger partial charge in [0, 0.05) is 17.0 Å². The van der Waals surface area contributed by atoms with E-state index in [4.69, 9.17) is 0 Å². The van der Waals surface area contributed by atoms with Gasteiger partial charge in [0.05, 0.1) is 16.8 Å². The van der Waals surface area contributed by atoms with Crippen LogP contribution >= 0.6 is 0 Å². The molecule has 0 saturated heterocycles. The van der Waals surface area contributed by atoms with E-state index in [0.717, 1.165) is 23.1 Å². The molecule has 4 bridgehead atoms. The lowest BCUT2D eigenvalue weighted by Gasteiger charge is -2.54. The lowest BCUT2D eigenvalue weighted by molar-refractivity contribution is -0.0119. The molecular formula is C25H31N3O3. The van der Waals surface area contributed by atoms with E-state index in [2.05, 4.69) is 36.3 Å². The number of nitrogens with one attached hydrogen (secondary N) is 2. The highest BCUT2D eigenvalue weighted by molar-refractivity contribution is 6.02. The number of aromatic amines is 1. The quantitative estimate of drug-likeness (QED) is 0.671. The molecule has 0 atom stereocenters. The molecule has 4 fully saturated rings. The lowest BCUT2D eigenvalue weighted by atomic mass is 9.54. The number of hydrogen-bond donors (Lipinski definition) is 3. The second-order valence-corrected chi connectivity index (χ2v) is 10.9. The summed E-state index contributed by atoms with van der Waals surface area (Å²) in [6.07, 6.45) is 6.38. The molecule has 6 heteroatoms. The summed E-state index contributed by atoms with van der Waals surface area (Å²) in [5.41, 5.74) is 2.67. The van der Waals surface area contributed by atoms with Crippen molar-refractivity contribution in [2.24, 2.45) is 23.7 Å². The van der Waals surface area contributed by atoms with E-state index in [0.29, 0.717) is 23.1 Å². The smallest absolute Gasteiger partial charge is 0.335 e. The summed E-state index contributed by atoms with van der Waals surface area (Å²) in [4.78, 5) is 24.9. The van der Waals surface area contributed by atoms with Crippen LogP contribution in [0.25, 0.3) is 11.3 Å². The van der Waals surface area contributed by atoms with Gasteiger partial charge in [0.2, 0.25) is 0 Å². The fraction of sp³-hybridized carbons (Fsp3) is 0.560. The second kappa shape index (κ2) is 7.21. The van der Waals surface area contributed by atoms with Crippen LogP contribution in [0.3, 0.4) is 0 Å². The zero-order valence-corrected chi connectivity index (χ0v) is 18.4. The number of aromatic nitrogens is 2. The second-order valence-electron chi connectivity index (χ2n) is 10.9. The SMILES string of the molecule is CC(C)(C)c1[nH]nc(-c2ccc(C(=O)O)cc2)c1C(=O)NC1C2CC3CC(C2)CC1C3. The first-order chi connectivity index (χ1) is 14.7. The molecule has 0 radical (unpaired) electrons. The molecule has 0 aliphatic heterocycles. The summed E-state index contributed by atoms with van der Waals surface area (Å²) in [6, 6.07) is 6.83. The van der Waals surface area contributed by atoms with E-state index < -0.39 is 5.97 Å². The molecule has 6 rings (SSSR count). The minimum atomic E-state index is -0.969. The normalized spacial score (nSPS) is 29.2. The largest absolute Gasteiger partial charge is 0.478 e. The molecule has 31 heavy (non-hydrogen) atoms. The van der Waals surface area contributed by atoms with Gasteiger partial charge in [-0.05, 0) is 67.9 Å². The van der Waals surface area contributed by atoms with Gasteiger partial charge < -0.3 is 10.4 Å². The molecule has 0 spiro atoms. The van der Waals surface area contributed by atoms with Gasteiger partial charge in [-0.3, -0.25) is 9.89 Å². The summed E-state index contributed by atoms with van der Waals surface area (Å²) < 4.78 is 0. The van der Waals surface area contributed by atoms with Crippen molar-refractivity contribution < 1.29 is 14.7 Å². The Morgan fingerprint density at radius 1 is 1.00 bits per heavy atom. The van der Waals surface area contributed by atoms with Gasteiger partial charge in [0.15, 0.2) is 0 Å². The number of aromatic carboxylic acids is 1. The van der Waals surface area contributed by atoms with E-state index in [1.807, 2.05) is 0 Å². The van der Waals surface area contributed by atoms with Crippen LogP contribution in [-0.4, -0.2) is 33.2 Å². The van der Waals surface area contributed by atoms with Crippen molar-refractivity contribution in [1.29, 1.82) is 0 Å². The maximum Gasteiger partial charge on any atom is 0.335 e. The van der Waals surface area contributed by atoms with Crippen LogP contribution in [0.1, 0.15) is 79.3 Å². The highest BCUT2D eigenvalue weighted by Crippen LogP contribution is 2.53. The molecule has 1 aromatic heterocycles. The number of carbonyl (C=O) groups is 2. The van der Waals surface area contributed by atoms with E-state index in [-0.39, 0.29) is 22.9 Å². The lowest BCUT2D eigenvalue weighted by Crippen LogP contribution is -2.56. The molecule has 6 nitrogen and oxygen atoms in total. The number of carboxylic acid groups (broad SMARTS) is 1. The van der Waals surface area contributed by atoms with Crippen LogP contribution in [0, 0.1) is 23.7 Å². The first-order valence-corrected chi connectivity index (χ1v) is 11.4. The van der Waals surface area contributed by atoms with Crippen LogP contribution in [0.2, 0.25) is 0 Å². The number of nitrogens with zero attached hydrogens (tertiary/aromatic N) is 1. The summed E-state index contributed by atoms with van der Waals surface area (Å²) in [7, 11) is 0. The Hall–Kier alpha value is -2.63. The Morgan fingerprint density at radius 2 is 1.58 bits per heavy atom. The molecule has 4 aliphatic rings. The molecule has 3 N–H and O–H groups in total. The zero-order valence-electron chi connectivity index (χ0n) is 18.4. The average Bonchev–Trinajstić information content (AvgIpc) is 3.16. The van der Waals surface area contributed by atoms with Crippen LogP contribution in [0.4, 0.5) is 0 Å². The van der Waals surface area contributed by atoms with Gasteiger partial charge in [-0.2, -0.15) is 5.10 Å². The molecule has 1 aromatic carbocycles. The first kappa shape index (κ1) is 20.3. The van der Waals surface area contributed by atoms with Crippen molar-refractivity contribution in [3.05, 3.63) is 41.1 Å². The van der Waals surface area contributed by atoms with Crippen molar-refractivity contribution in [2.45, 2.75) is 64.3 Å². The van der Waals surface area contributed by atoms with E-state index in [1.54, 1.807) is 24.3 Å². The van der Waals surface area contributed by atoms with Crippen molar-refractivity contribution in [2.75, 3.05) is 0 Å². The maximum atomic E-state index is 13.7. The van der Waals surface area contributed by atoms with Crippen molar-refractivity contribution in [3.63, 3.8) is 0 Å². The molecule has 1 amide bonds. The minimum Gasteiger partial charge on any atom is -0.478 e. The minimum absolute atomic E-state index is 0.0616. The fourth-order valence-corrected chi connectivity index (χ4v) is 6.47. The van der Waals surface area contributed by atoms with Crippen LogP contribution in [-0.2, 0) is 5.41 Å². The van der Waals surface area contributed by atoms with Gasteiger partial charge in [0.1, 0.15) is 5.69 Å². The van der Waals surface area contributed by atoms with Crippen molar-refractivity contribution in [3.8, 4) is 11.3 Å². The highest BCUT2D eigenvalue weighted by atomic mass is 16.4. The maximum absolute atomic E-state index is 13.7. The number of carbonyl (C=O) groups excluding carboxylic acids is 1. The van der Waals surface area contributed by atoms with E-state index in [1.165, 1.54) is 32.1 Å². The van der Waals surface area contributed by atoms with Gasteiger partial charge in [0.25, 0.3) is 5.91 Å². The number of rotatable bonds is 4. The Kier molecular flexibility index (Phi) is 4.72. The van der Waals surface area contributed by atoms with Gasteiger partial charge in [-0.15, -0.1) is 0 Å². The molecule has 2 aromatic rings. The Bertz CT molecular complexity index is 988. The van der Waals surface area contributed by atoms with Crippen LogP contribution < -0.4 is 5.32 Å². The fourth-order valence-electron chi connectivity index (χ4n) is 6.47. The number of hydrogen-bond acceptors (Lipinski definition) is 3. The molecule has 4 aliphatic carbocycles. The van der Waals surface area contributed by atoms with Gasteiger partial charge >= 0.3 is 5.97 Å². The van der Waals surface area contributed by atoms with E-state index in [9.17, 15) is 14.7 Å². The zero-order chi connectivity index (χ0) is 21.9. The van der Waals surface area contributed by atoms with Crippen molar-refractivity contribution >= 4 is 11.9 Å². The number of amides is 1. The number of H-pyrrole nitrogens is 1. The highest BCUT2D eigenvalue weighted by Gasteiger charge is 2.49. The first-order valence-electron chi connectivity index (χ1n) is 11.4. The predicted octanol–water partition coefficient (Wildman–Crippen LogP) is 4.63.